The van der Waals surface area contributed by atoms with Crippen molar-refractivity contribution in [1.29, 1.82) is 0 Å². The van der Waals surface area contributed by atoms with Gasteiger partial charge in [-0.1, -0.05) is 0 Å². The second-order valence-corrected chi connectivity index (χ2v) is 9.87. The Balaban J connectivity index is 2.25. The van der Waals surface area contributed by atoms with Gasteiger partial charge in [0.2, 0.25) is 5.91 Å². The molecule has 1 aromatic carbocycles. The van der Waals surface area contributed by atoms with Crippen LogP contribution in [-0.2, 0) is 11.3 Å². The van der Waals surface area contributed by atoms with Gasteiger partial charge in [0.15, 0.2) is 5.78 Å². The molecule has 0 spiro atoms. The number of benzene rings is 1. The van der Waals surface area contributed by atoms with Crippen molar-refractivity contribution >= 4 is 55.8 Å². The monoisotopic (exact) mass is 573 g/mol. The molecule has 0 radical (unpaired) electrons. The third kappa shape index (κ3) is 4.22. The maximum Gasteiger partial charge on any atom is 0.333 e. The molecule has 2 aromatic heterocycles. The molecule has 1 amide bonds. The number of aromatic nitrogens is 2. The van der Waals surface area contributed by atoms with Crippen LogP contribution >= 0.6 is 33.9 Å². The number of aryl methyl sites for hydroxylation is 1. The van der Waals surface area contributed by atoms with Gasteiger partial charge >= 0.3 is 5.69 Å². The molecule has 1 N–H and O–H groups in total. The lowest BCUT2D eigenvalue weighted by Crippen LogP contribution is -2.46. The molecule has 170 valence electrons. The lowest BCUT2D eigenvalue weighted by atomic mass is 10.1. The summed E-state index contributed by atoms with van der Waals surface area (Å²) < 4.78 is 21.8. The zero-order valence-corrected chi connectivity index (χ0v) is 20.8. The van der Waals surface area contributed by atoms with Crippen LogP contribution in [0.5, 0.6) is 5.75 Å². The van der Waals surface area contributed by atoms with Crippen LogP contribution in [0.2, 0.25) is 0 Å². The van der Waals surface area contributed by atoms with Gasteiger partial charge in [0, 0.05) is 6.54 Å². The van der Waals surface area contributed by atoms with E-state index in [9.17, 15) is 23.6 Å². The number of carbonyl (C=O) groups excluding carboxylic acids is 2. The largest absolute Gasteiger partial charge is 0.496 e. The summed E-state index contributed by atoms with van der Waals surface area (Å²) in [4.78, 5) is 52.4. The minimum Gasteiger partial charge on any atom is -0.496 e. The van der Waals surface area contributed by atoms with Gasteiger partial charge in [0.05, 0.1) is 27.5 Å². The highest BCUT2D eigenvalue weighted by Gasteiger charge is 2.26. The first-order valence-corrected chi connectivity index (χ1v) is 11.6. The highest BCUT2D eigenvalue weighted by molar-refractivity contribution is 14.1. The number of thiophene rings is 1. The molecular formula is C21H21FIN3O5S. The average molecular weight is 573 g/mol. The Morgan fingerprint density at radius 3 is 2.62 bits per heavy atom. The maximum atomic E-state index is 13.8. The number of carbonyl (C=O) groups is 2. The number of methoxy groups -OCH3 is 1. The van der Waals surface area contributed by atoms with Crippen molar-refractivity contribution in [3.05, 3.63) is 58.9 Å². The number of halogens is 2. The quantitative estimate of drug-likeness (QED) is 0.347. The molecule has 1 unspecified atom stereocenters. The topological polar surface area (TPSA) is 99.4 Å². The number of Topliss-reactive ketones (excluding diaryl/α,β-unsaturated/α-hetero) is 1. The minimum atomic E-state index is -1.08. The SMILES string of the molecule is CCNC(=O)C(C)n1c(=O)c2c(C)c(I)sc2n(CC(=O)c2cc(F)ccc2OC)c1=O. The molecule has 1 atom stereocenters. The lowest BCUT2D eigenvalue weighted by molar-refractivity contribution is -0.123. The van der Waals surface area contributed by atoms with Crippen LogP contribution in [0.3, 0.4) is 0 Å². The summed E-state index contributed by atoms with van der Waals surface area (Å²) in [5, 5.41) is 2.88. The van der Waals surface area contributed by atoms with Gasteiger partial charge in [-0.3, -0.25) is 19.0 Å². The molecule has 0 aliphatic rings. The fourth-order valence-corrected chi connectivity index (χ4v) is 5.30. The highest BCUT2D eigenvalue weighted by atomic mass is 127. The van der Waals surface area contributed by atoms with Crippen molar-refractivity contribution in [3.8, 4) is 5.75 Å². The molecule has 3 aromatic rings. The summed E-state index contributed by atoms with van der Waals surface area (Å²) in [5.41, 5.74) is -0.739. The average Bonchev–Trinajstić information content (AvgIpc) is 3.05. The number of fused-ring (bicyclic) bond motifs is 1. The van der Waals surface area contributed by atoms with E-state index in [0.717, 1.165) is 13.5 Å². The van der Waals surface area contributed by atoms with Crippen LogP contribution in [0.1, 0.15) is 35.8 Å². The van der Waals surface area contributed by atoms with E-state index < -0.39 is 41.3 Å². The van der Waals surface area contributed by atoms with E-state index in [4.69, 9.17) is 4.74 Å². The number of likely N-dealkylation sites (N-methyl/N-ethyl adjacent to an activating group) is 1. The predicted octanol–water partition coefficient (Wildman–Crippen LogP) is 2.87. The van der Waals surface area contributed by atoms with Gasteiger partial charge in [-0.05, 0) is 67.1 Å². The number of rotatable bonds is 7. The number of ether oxygens (including phenoxy) is 1. The summed E-state index contributed by atoms with van der Waals surface area (Å²) >= 11 is 3.26. The number of ketones is 1. The van der Waals surface area contributed by atoms with E-state index in [1.165, 1.54) is 42.1 Å². The molecule has 32 heavy (non-hydrogen) atoms. The highest BCUT2D eigenvalue weighted by Crippen LogP contribution is 2.29. The van der Waals surface area contributed by atoms with E-state index in [-0.39, 0.29) is 16.7 Å². The third-order valence-corrected chi connectivity index (χ3v) is 7.64. The molecular weight excluding hydrogens is 552 g/mol. The Morgan fingerprint density at radius 1 is 1.31 bits per heavy atom. The smallest absolute Gasteiger partial charge is 0.333 e. The number of nitrogens with one attached hydrogen (secondary N) is 1. The van der Waals surface area contributed by atoms with Gasteiger partial charge in [-0.2, -0.15) is 0 Å². The standard InChI is InChI=1S/C21H21FIN3O5S/c1-5-24-18(28)11(3)26-19(29)16-10(2)17(23)32-20(16)25(21(26)30)9-14(27)13-8-12(22)6-7-15(13)31-4/h6-8,11H,5,9H2,1-4H3,(H,24,28). The normalized spacial score (nSPS) is 12.1. The van der Waals surface area contributed by atoms with Crippen molar-refractivity contribution in [3.63, 3.8) is 0 Å². The summed E-state index contributed by atoms with van der Waals surface area (Å²) in [6.45, 7) is 4.81. The van der Waals surface area contributed by atoms with Gasteiger partial charge in [0.1, 0.15) is 22.4 Å². The Bertz CT molecular complexity index is 1340. The zero-order valence-electron chi connectivity index (χ0n) is 17.8. The molecule has 2 heterocycles. The first-order valence-electron chi connectivity index (χ1n) is 9.70. The van der Waals surface area contributed by atoms with Crippen molar-refractivity contribution < 1.29 is 18.7 Å². The number of hydrogen-bond donors (Lipinski definition) is 1. The molecule has 8 nitrogen and oxygen atoms in total. The van der Waals surface area contributed by atoms with Gasteiger partial charge in [0.25, 0.3) is 5.56 Å². The molecule has 0 saturated carbocycles. The van der Waals surface area contributed by atoms with Gasteiger partial charge in [-0.15, -0.1) is 11.3 Å². The van der Waals surface area contributed by atoms with E-state index in [1.54, 1.807) is 13.8 Å². The minimum absolute atomic E-state index is 0.0231. The molecule has 0 fully saturated rings. The van der Waals surface area contributed by atoms with Crippen LogP contribution in [0, 0.1) is 15.6 Å². The molecule has 0 aliphatic heterocycles. The third-order valence-electron chi connectivity index (χ3n) is 5.07. The summed E-state index contributed by atoms with van der Waals surface area (Å²) in [6.07, 6.45) is 0. The summed E-state index contributed by atoms with van der Waals surface area (Å²) in [5.74, 6) is -1.51. The molecule has 3 rings (SSSR count). The first-order chi connectivity index (χ1) is 15.1. The van der Waals surface area contributed by atoms with Crippen LogP contribution in [0.15, 0.2) is 27.8 Å². The van der Waals surface area contributed by atoms with E-state index in [0.29, 0.717) is 16.9 Å². The van der Waals surface area contributed by atoms with Crippen molar-refractivity contribution in [2.75, 3.05) is 13.7 Å². The number of amides is 1. The van der Waals surface area contributed by atoms with Crippen LogP contribution in [-0.4, -0.2) is 34.5 Å². The summed E-state index contributed by atoms with van der Waals surface area (Å²) in [6, 6.07) is 2.46. The van der Waals surface area contributed by atoms with Crippen molar-refractivity contribution in [2.24, 2.45) is 0 Å². The van der Waals surface area contributed by atoms with Crippen LogP contribution < -0.4 is 21.3 Å². The van der Waals surface area contributed by atoms with Crippen molar-refractivity contribution in [2.45, 2.75) is 33.4 Å². The van der Waals surface area contributed by atoms with E-state index in [2.05, 4.69) is 27.9 Å². The number of hydrogen-bond acceptors (Lipinski definition) is 6. The predicted molar refractivity (Wildman–Crippen MR) is 128 cm³/mol. The summed E-state index contributed by atoms with van der Waals surface area (Å²) in [7, 11) is 1.35. The second kappa shape index (κ2) is 9.53. The van der Waals surface area contributed by atoms with Crippen LogP contribution in [0.4, 0.5) is 4.39 Å². The van der Waals surface area contributed by atoms with Crippen LogP contribution in [0.25, 0.3) is 10.2 Å². The fraction of sp³-hybridized carbons (Fsp3) is 0.333. The van der Waals surface area contributed by atoms with E-state index >= 15 is 0 Å². The molecule has 0 aliphatic carbocycles. The maximum absolute atomic E-state index is 13.8. The Labute approximate surface area is 200 Å². The van der Waals surface area contributed by atoms with E-state index in [1.807, 2.05) is 0 Å². The lowest BCUT2D eigenvalue weighted by Gasteiger charge is -2.17. The second-order valence-electron chi connectivity index (χ2n) is 7.06. The zero-order chi connectivity index (χ0) is 23.7. The van der Waals surface area contributed by atoms with Gasteiger partial charge in [-0.25, -0.2) is 13.8 Å². The number of nitrogens with zero attached hydrogens (tertiary/aromatic N) is 2. The Hall–Kier alpha value is -2.54. The van der Waals surface area contributed by atoms with Crippen molar-refractivity contribution in [1.82, 2.24) is 14.5 Å². The first kappa shape index (κ1) is 24.1. The molecule has 0 saturated heterocycles. The molecule has 0 bridgehead atoms. The fourth-order valence-electron chi connectivity index (χ4n) is 3.38. The Kier molecular flexibility index (Phi) is 7.18. The molecule has 11 heteroatoms. The van der Waals surface area contributed by atoms with Gasteiger partial charge < -0.3 is 10.1 Å². The Morgan fingerprint density at radius 2 is 2.00 bits per heavy atom.